The van der Waals surface area contributed by atoms with E-state index in [1.165, 1.54) is 13.1 Å². The summed E-state index contributed by atoms with van der Waals surface area (Å²) in [5, 5.41) is 0. The van der Waals surface area contributed by atoms with E-state index in [1.807, 2.05) is 20.8 Å². The van der Waals surface area contributed by atoms with Crippen molar-refractivity contribution in [1.29, 1.82) is 0 Å². The molecule has 0 aliphatic carbocycles. The number of piperidine rings is 1. The lowest BCUT2D eigenvalue weighted by molar-refractivity contribution is -0.0369. The summed E-state index contributed by atoms with van der Waals surface area (Å²) in [5.74, 6) is 0.191. The van der Waals surface area contributed by atoms with Gasteiger partial charge in [-0.25, -0.2) is 8.42 Å². The third-order valence-corrected chi connectivity index (χ3v) is 8.41. The molecule has 6 nitrogen and oxygen atoms in total. The predicted octanol–water partition coefficient (Wildman–Crippen LogP) is 1.64. The first kappa shape index (κ1) is 20.5. The van der Waals surface area contributed by atoms with Crippen LogP contribution in [0.5, 0.6) is 0 Å². The third kappa shape index (κ3) is 4.27. The second-order valence-corrected chi connectivity index (χ2v) is 12.2. The Morgan fingerprint density at radius 2 is 1.31 bits per heavy atom. The molecule has 0 amide bonds. The Hall–Kier alpha value is -0.210. The quantitative estimate of drug-likeness (QED) is 0.722. The monoisotopic (exact) mass is 386 g/mol. The van der Waals surface area contributed by atoms with Gasteiger partial charge in [-0.15, -0.1) is 0 Å². The summed E-state index contributed by atoms with van der Waals surface area (Å²) in [6.07, 6.45) is 2.19. The van der Waals surface area contributed by atoms with Crippen LogP contribution in [0.15, 0.2) is 0 Å². The van der Waals surface area contributed by atoms with Gasteiger partial charge in [0.1, 0.15) is 5.88 Å². The minimum atomic E-state index is -3.19. The van der Waals surface area contributed by atoms with Crippen LogP contribution in [0.2, 0.25) is 0 Å². The van der Waals surface area contributed by atoms with Crippen LogP contribution >= 0.6 is 0 Å². The molecule has 0 spiro atoms. The molecule has 0 unspecified atom stereocenters. The van der Waals surface area contributed by atoms with E-state index in [0.29, 0.717) is 18.6 Å². The molecule has 3 aliphatic rings. The summed E-state index contributed by atoms with van der Waals surface area (Å²) >= 11 is 0. The number of likely N-dealkylation sites (tertiary alicyclic amines) is 2. The topological polar surface area (TPSA) is 47.1 Å². The van der Waals surface area contributed by atoms with E-state index < -0.39 is 10.0 Å². The lowest BCUT2D eigenvalue weighted by Gasteiger charge is -2.53. The highest BCUT2D eigenvalue weighted by Crippen LogP contribution is 2.29. The van der Waals surface area contributed by atoms with Crippen LogP contribution in [-0.2, 0) is 10.0 Å². The first-order valence-electron chi connectivity index (χ1n) is 10.1. The smallest absolute Gasteiger partial charge is 0.227 e. The first-order chi connectivity index (χ1) is 11.9. The van der Waals surface area contributed by atoms with Gasteiger partial charge in [-0.3, -0.25) is 14.7 Å². The van der Waals surface area contributed by atoms with Crippen molar-refractivity contribution < 1.29 is 8.42 Å². The lowest BCUT2D eigenvalue weighted by atomic mass is 9.94. The van der Waals surface area contributed by atoms with Crippen LogP contribution in [0, 0.1) is 0 Å². The fourth-order valence-electron chi connectivity index (χ4n) is 4.59. The van der Waals surface area contributed by atoms with Gasteiger partial charge in [-0.05, 0) is 54.4 Å². The summed E-state index contributed by atoms with van der Waals surface area (Å²) in [6.45, 7) is 18.8. The molecule has 0 saturated carbocycles. The van der Waals surface area contributed by atoms with Gasteiger partial charge in [-0.2, -0.15) is 4.31 Å². The zero-order chi connectivity index (χ0) is 19.3. The van der Waals surface area contributed by atoms with E-state index in [-0.39, 0.29) is 17.0 Å². The molecule has 152 valence electrons. The Morgan fingerprint density at radius 1 is 0.731 bits per heavy atom. The van der Waals surface area contributed by atoms with Gasteiger partial charge in [0.2, 0.25) is 10.0 Å². The van der Waals surface area contributed by atoms with Crippen molar-refractivity contribution in [2.75, 3.05) is 45.1 Å². The van der Waals surface area contributed by atoms with Crippen molar-refractivity contribution >= 4 is 10.0 Å². The van der Waals surface area contributed by atoms with Crippen molar-refractivity contribution in [3.63, 3.8) is 0 Å². The fourth-order valence-corrected chi connectivity index (χ4v) is 6.69. The van der Waals surface area contributed by atoms with Gasteiger partial charge in [-0.1, -0.05) is 0 Å². The Bertz CT molecular complexity index is 594. The van der Waals surface area contributed by atoms with Crippen LogP contribution in [0.4, 0.5) is 0 Å². The number of hydrogen-bond acceptors (Lipinski definition) is 5. The Kier molecular flexibility index (Phi) is 5.52. The van der Waals surface area contributed by atoms with Crippen LogP contribution in [0.1, 0.15) is 54.4 Å². The van der Waals surface area contributed by atoms with Gasteiger partial charge in [0.15, 0.2) is 0 Å². The Labute approximate surface area is 160 Å². The van der Waals surface area contributed by atoms with Gasteiger partial charge in [0.25, 0.3) is 0 Å². The normalized spacial score (nSPS) is 29.0. The zero-order valence-corrected chi connectivity index (χ0v) is 18.3. The maximum Gasteiger partial charge on any atom is 0.227 e. The molecule has 0 atom stereocenters. The molecule has 26 heavy (non-hydrogen) atoms. The van der Waals surface area contributed by atoms with E-state index >= 15 is 0 Å². The molecule has 0 bridgehead atoms. The van der Waals surface area contributed by atoms with E-state index in [1.54, 1.807) is 4.31 Å². The predicted molar refractivity (Wildman–Crippen MR) is 107 cm³/mol. The van der Waals surface area contributed by atoms with E-state index in [9.17, 15) is 8.42 Å². The zero-order valence-electron chi connectivity index (χ0n) is 17.5. The molecule has 3 heterocycles. The van der Waals surface area contributed by atoms with E-state index in [2.05, 4.69) is 35.5 Å². The number of sulfonamides is 1. The summed E-state index contributed by atoms with van der Waals surface area (Å²) in [7, 11) is -3.19. The second-order valence-electron chi connectivity index (χ2n) is 10.3. The summed E-state index contributed by atoms with van der Waals surface area (Å²) < 4.78 is 27.1. The molecule has 0 aromatic carbocycles. The average molecular weight is 387 g/mol. The second kappa shape index (κ2) is 6.99. The molecule has 0 aromatic rings. The van der Waals surface area contributed by atoms with Gasteiger partial charge in [0.05, 0.1) is 0 Å². The number of rotatable bonds is 2. The Balaban J connectivity index is 1.49. The molecule has 0 aromatic heterocycles. The van der Waals surface area contributed by atoms with Crippen molar-refractivity contribution in [3.8, 4) is 0 Å². The summed E-state index contributed by atoms with van der Waals surface area (Å²) in [4.78, 5) is 7.39. The third-order valence-electron chi connectivity index (χ3n) is 6.35. The summed E-state index contributed by atoms with van der Waals surface area (Å²) in [5.41, 5.74) is -0.0483. The van der Waals surface area contributed by atoms with Gasteiger partial charge < -0.3 is 0 Å². The highest BCUT2D eigenvalue weighted by atomic mass is 32.2. The molecule has 3 saturated heterocycles. The highest BCUT2D eigenvalue weighted by Gasteiger charge is 2.42. The van der Waals surface area contributed by atoms with Crippen LogP contribution in [0.25, 0.3) is 0 Å². The molecule has 3 fully saturated rings. The van der Waals surface area contributed by atoms with E-state index in [0.717, 1.165) is 32.5 Å². The van der Waals surface area contributed by atoms with Crippen molar-refractivity contribution in [3.05, 3.63) is 0 Å². The molecule has 3 rings (SSSR count). The first-order valence-corrected chi connectivity index (χ1v) is 11.7. The average Bonchev–Trinajstić information content (AvgIpc) is 2.42. The SMILES string of the molecule is CC(C)(C)N1CC(N2CCC(N3CCN(C(C)(C)C)S(=O)(=O)C3)CC2)C1. The van der Waals surface area contributed by atoms with Gasteiger partial charge >= 0.3 is 0 Å². The maximum atomic E-state index is 12.7. The lowest BCUT2D eigenvalue weighted by Crippen LogP contribution is -2.66. The minimum Gasteiger partial charge on any atom is -0.298 e. The molecule has 0 N–H and O–H groups in total. The van der Waals surface area contributed by atoms with Crippen LogP contribution < -0.4 is 0 Å². The van der Waals surface area contributed by atoms with Crippen molar-refractivity contribution in [1.82, 2.24) is 19.0 Å². The number of nitrogens with zero attached hydrogens (tertiary/aromatic N) is 4. The van der Waals surface area contributed by atoms with Crippen LogP contribution in [-0.4, -0.2) is 95.7 Å². The Morgan fingerprint density at radius 3 is 1.77 bits per heavy atom. The van der Waals surface area contributed by atoms with Crippen molar-refractivity contribution in [2.45, 2.75) is 77.5 Å². The van der Waals surface area contributed by atoms with Crippen LogP contribution in [0.3, 0.4) is 0 Å². The van der Waals surface area contributed by atoms with Gasteiger partial charge in [0, 0.05) is 62.4 Å². The standard InChI is InChI=1S/C19H38N4O2S/c1-18(2,3)22-13-17(14-22)20-9-7-16(8-10-20)21-11-12-23(19(4,5)6)26(24,25)15-21/h16-17H,7-15H2,1-6H3. The molecular weight excluding hydrogens is 348 g/mol. The molecule has 0 radical (unpaired) electrons. The minimum absolute atomic E-state index is 0.191. The molecule has 7 heteroatoms. The highest BCUT2D eigenvalue weighted by molar-refractivity contribution is 7.89. The number of hydrogen-bond donors (Lipinski definition) is 0. The van der Waals surface area contributed by atoms with Crippen molar-refractivity contribution in [2.24, 2.45) is 0 Å². The maximum absolute atomic E-state index is 12.7. The summed E-state index contributed by atoms with van der Waals surface area (Å²) in [6, 6.07) is 1.11. The fraction of sp³-hybridized carbons (Fsp3) is 1.00. The van der Waals surface area contributed by atoms with E-state index in [4.69, 9.17) is 0 Å². The molecule has 3 aliphatic heterocycles. The molecular formula is C19H38N4O2S. The largest absolute Gasteiger partial charge is 0.298 e.